The van der Waals surface area contributed by atoms with Crippen LogP contribution in [0.15, 0.2) is 28.0 Å². The van der Waals surface area contributed by atoms with E-state index in [1.165, 1.54) is 32.1 Å². The lowest BCUT2D eigenvalue weighted by Crippen LogP contribution is -2.57. The lowest BCUT2D eigenvalue weighted by Gasteiger charge is -2.43. The summed E-state index contributed by atoms with van der Waals surface area (Å²) in [5.41, 5.74) is 0.763. The molecule has 2 aliphatic rings. The van der Waals surface area contributed by atoms with Crippen molar-refractivity contribution in [1.82, 2.24) is 20.0 Å². The van der Waals surface area contributed by atoms with Crippen LogP contribution in [0.4, 0.5) is 5.82 Å². The van der Waals surface area contributed by atoms with Crippen LogP contribution in [0, 0.1) is 10.8 Å². The van der Waals surface area contributed by atoms with Gasteiger partial charge in [0.2, 0.25) is 11.7 Å². The van der Waals surface area contributed by atoms with Gasteiger partial charge in [-0.1, -0.05) is 50.1 Å². The predicted molar refractivity (Wildman–Crippen MR) is 126 cm³/mol. The van der Waals surface area contributed by atoms with Crippen LogP contribution in [0.5, 0.6) is 0 Å². The van der Waals surface area contributed by atoms with Gasteiger partial charge in [-0.25, -0.2) is 4.98 Å². The van der Waals surface area contributed by atoms with Crippen LogP contribution in [-0.4, -0.2) is 59.2 Å². The number of likely N-dealkylation sites (N-methyl/N-ethyl adjacent to an activating group) is 1. The van der Waals surface area contributed by atoms with E-state index >= 15 is 0 Å². The van der Waals surface area contributed by atoms with Crippen molar-refractivity contribution in [2.75, 3.05) is 32.1 Å². The molecule has 9 heteroatoms. The first-order valence-corrected chi connectivity index (χ1v) is 12.1. The van der Waals surface area contributed by atoms with Crippen molar-refractivity contribution in [2.24, 2.45) is 11.1 Å². The number of hydrogen-bond donors (Lipinski definition) is 0. The second kappa shape index (κ2) is 11.0. The number of aromatic nitrogens is 3. The summed E-state index contributed by atoms with van der Waals surface area (Å²) in [7, 11) is 4.18. The van der Waals surface area contributed by atoms with Crippen LogP contribution in [0.25, 0.3) is 11.4 Å². The molecular formula is C24H34N6O3. The van der Waals surface area contributed by atoms with Gasteiger partial charge in [0.15, 0.2) is 0 Å². The van der Waals surface area contributed by atoms with Gasteiger partial charge in [0.1, 0.15) is 5.82 Å². The monoisotopic (exact) mass is 454 g/mol. The highest BCUT2D eigenvalue weighted by molar-refractivity contribution is 5.77. The van der Waals surface area contributed by atoms with Crippen molar-refractivity contribution in [2.45, 2.75) is 69.7 Å². The fourth-order valence-electron chi connectivity index (χ4n) is 4.88. The van der Waals surface area contributed by atoms with Crippen molar-refractivity contribution in [3.63, 3.8) is 0 Å². The molecule has 2 aromatic rings. The van der Waals surface area contributed by atoms with Gasteiger partial charge < -0.3 is 14.3 Å². The lowest BCUT2D eigenvalue weighted by molar-refractivity contribution is -0.118. The highest BCUT2D eigenvalue weighted by Crippen LogP contribution is 2.32. The largest absolute Gasteiger partial charge is 0.353 e. The first-order valence-electron chi connectivity index (χ1n) is 12.1. The summed E-state index contributed by atoms with van der Waals surface area (Å²) in [4.78, 5) is 36.0. The van der Waals surface area contributed by atoms with Gasteiger partial charge in [-0.3, -0.25) is 4.79 Å². The van der Waals surface area contributed by atoms with E-state index in [1.807, 2.05) is 12.1 Å². The summed E-state index contributed by atoms with van der Waals surface area (Å²) >= 11 is 0. The molecule has 9 nitrogen and oxygen atoms in total. The Kier molecular flexibility index (Phi) is 7.80. The Bertz CT molecular complexity index is 917. The fraction of sp³-hybridized carbons (Fsp3) is 0.667. The Labute approximate surface area is 194 Å². The minimum absolute atomic E-state index is 0.00892. The molecule has 3 heterocycles. The molecule has 1 aliphatic carbocycles. The van der Waals surface area contributed by atoms with E-state index in [2.05, 4.69) is 44.2 Å². The molecule has 1 saturated heterocycles. The van der Waals surface area contributed by atoms with Crippen LogP contribution >= 0.6 is 0 Å². The number of carbonyl (C=O) groups excluding carboxylic acids is 1. The average Bonchev–Trinajstić information content (AvgIpc) is 3.28. The Morgan fingerprint density at radius 3 is 2.70 bits per heavy atom. The van der Waals surface area contributed by atoms with Crippen LogP contribution in [-0.2, 0) is 4.79 Å². The van der Waals surface area contributed by atoms with Gasteiger partial charge in [0, 0.05) is 48.4 Å². The van der Waals surface area contributed by atoms with Crippen LogP contribution in [0.1, 0.15) is 69.6 Å². The third-order valence-corrected chi connectivity index (χ3v) is 7.13. The maximum Gasteiger partial charge on any atom is 0.287 e. The van der Waals surface area contributed by atoms with E-state index in [0.29, 0.717) is 17.8 Å². The molecule has 2 fully saturated rings. The molecule has 0 spiro atoms. The number of rotatable bonds is 10. The Balaban J connectivity index is 1.37. The molecule has 1 amide bonds. The summed E-state index contributed by atoms with van der Waals surface area (Å²) in [5, 5.41) is 6.69. The fourth-order valence-corrected chi connectivity index (χ4v) is 4.88. The van der Waals surface area contributed by atoms with Gasteiger partial charge in [-0.15, -0.1) is 4.91 Å². The average molecular weight is 455 g/mol. The number of hydrogen-bond acceptors (Lipinski definition) is 8. The number of anilines is 1. The summed E-state index contributed by atoms with van der Waals surface area (Å²) in [5.74, 6) is 1.59. The maximum absolute atomic E-state index is 11.8. The zero-order valence-electron chi connectivity index (χ0n) is 19.7. The highest BCUT2D eigenvalue weighted by Gasteiger charge is 2.29. The van der Waals surface area contributed by atoms with Gasteiger partial charge in [-0.2, -0.15) is 4.98 Å². The summed E-state index contributed by atoms with van der Waals surface area (Å²) in [6.07, 6.45) is 11.2. The van der Waals surface area contributed by atoms with Gasteiger partial charge in [0.05, 0.1) is 0 Å². The lowest BCUT2D eigenvalue weighted by atomic mass is 9.84. The molecule has 1 saturated carbocycles. The molecule has 0 aromatic carbocycles. The van der Waals surface area contributed by atoms with Gasteiger partial charge in [0.25, 0.3) is 5.91 Å². The smallest absolute Gasteiger partial charge is 0.287 e. The number of amides is 1. The zero-order chi connectivity index (χ0) is 23.2. The molecule has 1 atom stereocenters. The van der Waals surface area contributed by atoms with E-state index < -0.39 is 5.91 Å². The second-order valence-corrected chi connectivity index (χ2v) is 9.70. The van der Waals surface area contributed by atoms with E-state index in [1.54, 1.807) is 6.20 Å². The molecule has 0 radical (unpaired) electrons. The van der Waals surface area contributed by atoms with E-state index in [-0.39, 0.29) is 12.3 Å². The quantitative estimate of drug-likeness (QED) is 0.487. The van der Waals surface area contributed by atoms with Crippen LogP contribution in [0.2, 0.25) is 0 Å². The second-order valence-electron chi connectivity index (χ2n) is 9.70. The minimum Gasteiger partial charge on any atom is -0.353 e. The van der Waals surface area contributed by atoms with Crippen molar-refractivity contribution >= 4 is 11.7 Å². The van der Waals surface area contributed by atoms with Crippen molar-refractivity contribution in [1.29, 1.82) is 0 Å². The van der Waals surface area contributed by atoms with Crippen LogP contribution in [0.3, 0.4) is 0 Å². The normalized spacial score (nSPS) is 18.3. The van der Waals surface area contributed by atoms with Crippen LogP contribution < -0.4 is 4.90 Å². The Morgan fingerprint density at radius 2 is 2.03 bits per heavy atom. The molecule has 0 N–H and O–H groups in total. The SMILES string of the molecule is CN(C)C1CN(c2ccc(-c3noc(C(CCCC4CCCCC4)CC(=O)N=O)n3)cn2)C1. The molecular weight excluding hydrogens is 420 g/mol. The third kappa shape index (κ3) is 6.01. The van der Waals surface area contributed by atoms with E-state index in [9.17, 15) is 9.70 Å². The van der Waals surface area contributed by atoms with E-state index in [0.717, 1.165) is 49.7 Å². The number of carbonyl (C=O) groups is 1. The summed E-state index contributed by atoms with van der Waals surface area (Å²) < 4.78 is 5.52. The molecule has 178 valence electrons. The predicted octanol–water partition coefficient (Wildman–Crippen LogP) is 4.40. The summed E-state index contributed by atoms with van der Waals surface area (Å²) in [6.45, 7) is 1.93. The van der Waals surface area contributed by atoms with Crippen molar-refractivity contribution < 1.29 is 9.32 Å². The van der Waals surface area contributed by atoms with Gasteiger partial charge >= 0.3 is 0 Å². The Morgan fingerprint density at radius 1 is 1.24 bits per heavy atom. The van der Waals surface area contributed by atoms with Crippen molar-refractivity contribution in [3.8, 4) is 11.4 Å². The zero-order valence-corrected chi connectivity index (χ0v) is 19.7. The minimum atomic E-state index is -0.672. The molecule has 1 unspecified atom stereocenters. The topological polar surface area (TPSA) is 105 Å². The number of nitroso groups, excluding NO2 is 1. The van der Waals surface area contributed by atoms with E-state index in [4.69, 9.17) is 4.52 Å². The number of pyridine rings is 1. The molecule has 1 aliphatic heterocycles. The standard InChI is InChI=1S/C24H34N6O3/c1-29(2)20-15-30(16-20)21-12-11-19(14-25-21)23-26-24(33-28-23)18(13-22(31)27-32)10-6-9-17-7-4-3-5-8-17/h11-12,14,17-18,20H,3-10,13,15-16H2,1-2H3. The van der Waals surface area contributed by atoms with Gasteiger partial charge in [-0.05, 0) is 38.6 Å². The maximum atomic E-state index is 11.8. The first kappa shape index (κ1) is 23.5. The molecule has 33 heavy (non-hydrogen) atoms. The molecule has 0 bridgehead atoms. The van der Waals surface area contributed by atoms with Crippen molar-refractivity contribution in [3.05, 3.63) is 29.1 Å². The highest BCUT2D eigenvalue weighted by atomic mass is 16.5. The molecule has 4 rings (SSSR count). The first-order chi connectivity index (χ1) is 16.0. The number of nitrogens with zero attached hydrogens (tertiary/aromatic N) is 6. The third-order valence-electron chi connectivity index (χ3n) is 7.13. The Hall–Kier alpha value is -2.68. The molecule has 2 aromatic heterocycles. The summed E-state index contributed by atoms with van der Waals surface area (Å²) in [6, 6.07) is 4.47.